The summed E-state index contributed by atoms with van der Waals surface area (Å²) in [5.41, 5.74) is 3.13. The van der Waals surface area contributed by atoms with E-state index in [4.69, 9.17) is 28.1 Å². The minimum absolute atomic E-state index is 0.00722. The molecule has 2 aliphatic heterocycles. The standard InChI is InChI=1S/C27H34O7Si/c1-27(2,3)35(6,7)34-25-21(29-4)10-16(11-22(25)30-5)23-18-12-20-19(32-14-33-20)9-15(18)8-17-13-31-26(28)24(17)23/h9-12,17,23-24H,8,13-14H2,1-7H3/t17?,23-,24+/m1/s1. The highest BCUT2D eigenvalue weighted by molar-refractivity contribution is 6.74. The van der Waals surface area contributed by atoms with Crippen LogP contribution in [-0.4, -0.2) is 41.9 Å². The van der Waals surface area contributed by atoms with Crippen molar-refractivity contribution in [3.8, 4) is 28.7 Å². The molecule has 2 aromatic rings. The maximum Gasteiger partial charge on any atom is 0.310 e. The fourth-order valence-electron chi connectivity index (χ4n) is 5.09. The van der Waals surface area contributed by atoms with Gasteiger partial charge < -0.3 is 28.1 Å². The molecule has 0 amide bonds. The zero-order chi connectivity index (χ0) is 25.1. The number of fused-ring (bicyclic) bond motifs is 3. The van der Waals surface area contributed by atoms with Crippen molar-refractivity contribution in [3.05, 3.63) is 41.0 Å². The number of carbonyl (C=O) groups is 1. The Kier molecular flexibility index (Phi) is 5.70. The number of esters is 1. The van der Waals surface area contributed by atoms with Crippen LogP contribution in [0.3, 0.4) is 0 Å². The normalized spacial score (nSPS) is 22.8. The molecule has 0 bridgehead atoms. The van der Waals surface area contributed by atoms with Crippen molar-refractivity contribution in [2.45, 2.75) is 51.2 Å². The van der Waals surface area contributed by atoms with Crippen molar-refractivity contribution in [2.75, 3.05) is 27.6 Å². The van der Waals surface area contributed by atoms with Crippen molar-refractivity contribution in [3.63, 3.8) is 0 Å². The summed E-state index contributed by atoms with van der Waals surface area (Å²) in [7, 11) is 1.11. The highest BCUT2D eigenvalue weighted by atomic mass is 28.4. The van der Waals surface area contributed by atoms with Crippen LogP contribution >= 0.6 is 0 Å². The van der Waals surface area contributed by atoms with E-state index in [0.29, 0.717) is 29.6 Å². The van der Waals surface area contributed by atoms with E-state index in [0.717, 1.165) is 28.9 Å². The molecule has 3 aliphatic rings. The third-order valence-corrected chi connectivity index (χ3v) is 12.4. The van der Waals surface area contributed by atoms with Gasteiger partial charge in [0, 0.05) is 11.8 Å². The minimum Gasteiger partial charge on any atom is -0.539 e. The molecule has 35 heavy (non-hydrogen) atoms. The van der Waals surface area contributed by atoms with E-state index in [2.05, 4.69) is 33.9 Å². The molecule has 2 heterocycles. The van der Waals surface area contributed by atoms with Crippen LogP contribution < -0.4 is 23.4 Å². The second-order valence-electron chi connectivity index (χ2n) is 11.1. The summed E-state index contributed by atoms with van der Waals surface area (Å²) in [6.07, 6.45) is 0.764. The number of rotatable bonds is 5. The Balaban J connectivity index is 1.65. The first-order chi connectivity index (χ1) is 16.5. The van der Waals surface area contributed by atoms with Crippen molar-refractivity contribution in [1.29, 1.82) is 0 Å². The summed E-state index contributed by atoms with van der Waals surface area (Å²) in [6, 6.07) is 8.03. The molecule has 7 nitrogen and oxygen atoms in total. The Morgan fingerprint density at radius 3 is 2.17 bits per heavy atom. The van der Waals surface area contributed by atoms with Crippen LogP contribution in [0.25, 0.3) is 0 Å². The molecular weight excluding hydrogens is 464 g/mol. The van der Waals surface area contributed by atoms with E-state index in [1.807, 2.05) is 24.3 Å². The number of ether oxygens (including phenoxy) is 5. The van der Waals surface area contributed by atoms with Crippen molar-refractivity contribution in [2.24, 2.45) is 11.8 Å². The quantitative estimate of drug-likeness (QED) is 0.409. The smallest absolute Gasteiger partial charge is 0.310 e. The first-order valence-electron chi connectivity index (χ1n) is 12.1. The van der Waals surface area contributed by atoms with E-state index in [1.165, 1.54) is 0 Å². The molecule has 0 saturated carbocycles. The lowest BCUT2D eigenvalue weighted by Crippen LogP contribution is -2.44. The largest absolute Gasteiger partial charge is 0.539 e. The lowest BCUT2D eigenvalue weighted by Gasteiger charge is -2.38. The van der Waals surface area contributed by atoms with Crippen molar-refractivity contribution in [1.82, 2.24) is 0 Å². The lowest BCUT2D eigenvalue weighted by atomic mass is 9.67. The fraction of sp³-hybridized carbons (Fsp3) is 0.519. The first-order valence-corrected chi connectivity index (χ1v) is 15.0. The molecule has 2 aromatic carbocycles. The molecule has 0 N–H and O–H groups in total. The summed E-state index contributed by atoms with van der Waals surface area (Å²) in [4.78, 5) is 12.9. The SMILES string of the molecule is COc1cc([C@@H]2c3cc4c(cc3CC3COC(=O)[C@@H]32)OCO4)cc(OC)c1O[Si](C)(C)C(C)(C)C. The molecule has 8 heteroatoms. The van der Waals surface area contributed by atoms with Gasteiger partial charge in [-0.3, -0.25) is 4.79 Å². The van der Waals surface area contributed by atoms with Crippen LogP contribution in [0.1, 0.15) is 43.4 Å². The molecule has 5 rings (SSSR count). The van der Waals surface area contributed by atoms with Gasteiger partial charge in [-0.25, -0.2) is 0 Å². The van der Waals surface area contributed by atoms with Crippen LogP contribution in [-0.2, 0) is 16.0 Å². The van der Waals surface area contributed by atoms with Gasteiger partial charge in [-0.2, -0.15) is 0 Å². The van der Waals surface area contributed by atoms with Gasteiger partial charge >= 0.3 is 5.97 Å². The Morgan fingerprint density at radius 2 is 1.57 bits per heavy atom. The van der Waals surface area contributed by atoms with Crippen LogP contribution in [0, 0.1) is 11.8 Å². The van der Waals surface area contributed by atoms with Gasteiger partial charge in [-0.1, -0.05) is 20.8 Å². The summed E-state index contributed by atoms with van der Waals surface area (Å²) in [5, 5.41) is 0.00722. The van der Waals surface area contributed by atoms with Gasteiger partial charge in [0.05, 0.1) is 26.7 Å². The Morgan fingerprint density at radius 1 is 0.943 bits per heavy atom. The van der Waals surface area contributed by atoms with Gasteiger partial charge in [0.2, 0.25) is 6.79 Å². The van der Waals surface area contributed by atoms with Gasteiger partial charge in [-0.15, -0.1) is 0 Å². The average Bonchev–Trinajstić information content (AvgIpc) is 3.41. The summed E-state index contributed by atoms with van der Waals surface area (Å²) >= 11 is 0. The highest BCUT2D eigenvalue weighted by Gasteiger charge is 2.48. The van der Waals surface area contributed by atoms with E-state index < -0.39 is 8.32 Å². The van der Waals surface area contributed by atoms with Gasteiger partial charge in [0.15, 0.2) is 28.7 Å². The zero-order valence-electron chi connectivity index (χ0n) is 21.5. The van der Waals surface area contributed by atoms with Crippen LogP contribution in [0.4, 0.5) is 0 Å². The Labute approximate surface area is 207 Å². The summed E-state index contributed by atoms with van der Waals surface area (Å²) in [6.45, 7) is 11.6. The Bertz CT molecular complexity index is 1140. The molecule has 0 spiro atoms. The maximum absolute atomic E-state index is 12.9. The zero-order valence-corrected chi connectivity index (χ0v) is 22.5. The third kappa shape index (κ3) is 3.92. The van der Waals surface area contributed by atoms with Gasteiger partial charge in [0.25, 0.3) is 8.32 Å². The molecule has 0 radical (unpaired) electrons. The predicted octanol–water partition coefficient (Wildman–Crippen LogP) is 5.29. The monoisotopic (exact) mass is 498 g/mol. The first kappa shape index (κ1) is 23.8. The number of carbonyl (C=O) groups excluding carboxylic acids is 1. The van der Waals surface area contributed by atoms with Gasteiger partial charge in [0.1, 0.15) is 0 Å². The predicted molar refractivity (Wildman–Crippen MR) is 133 cm³/mol. The third-order valence-electron chi connectivity index (χ3n) is 8.04. The molecule has 0 aromatic heterocycles. The summed E-state index contributed by atoms with van der Waals surface area (Å²) in [5.74, 6) is 2.68. The van der Waals surface area contributed by atoms with Crippen molar-refractivity contribution < 1.29 is 32.9 Å². The molecule has 1 fully saturated rings. The van der Waals surface area contributed by atoms with Crippen molar-refractivity contribution >= 4 is 14.3 Å². The topological polar surface area (TPSA) is 72.5 Å². The highest BCUT2D eigenvalue weighted by Crippen LogP contribution is 2.53. The maximum atomic E-state index is 12.9. The number of hydrogen-bond donors (Lipinski definition) is 0. The van der Waals surface area contributed by atoms with E-state index in [9.17, 15) is 4.79 Å². The number of methoxy groups -OCH3 is 2. The minimum atomic E-state index is -2.16. The van der Waals surface area contributed by atoms with E-state index in [-0.39, 0.29) is 35.6 Å². The van der Waals surface area contributed by atoms with E-state index in [1.54, 1.807) is 14.2 Å². The van der Waals surface area contributed by atoms with Crippen LogP contribution in [0.2, 0.25) is 18.1 Å². The van der Waals surface area contributed by atoms with Crippen LogP contribution in [0.15, 0.2) is 24.3 Å². The molecule has 3 atom stereocenters. The number of benzene rings is 2. The van der Waals surface area contributed by atoms with Crippen LogP contribution in [0.5, 0.6) is 28.7 Å². The lowest BCUT2D eigenvalue weighted by molar-refractivity contribution is -0.141. The second kappa shape index (κ2) is 8.36. The average molecular weight is 499 g/mol. The van der Waals surface area contributed by atoms with Gasteiger partial charge in [-0.05, 0) is 65.5 Å². The molecular formula is C27H34O7Si. The Hall–Kier alpha value is -2.87. The van der Waals surface area contributed by atoms with E-state index >= 15 is 0 Å². The number of cyclic esters (lactones) is 1. The number of hydrogen-bond acceptors (Lipinski definition) is 7. The molecule has 1 aliphatic carbocycles. The molecule has 1 saturated heterocycles. The molecule has 1 unspecified atom stereocenters. The summed E-state index contributed by atoms with van der Waals surface area (Å²) < 4.78 is 35.2. The second-order valence-corrected chi connectivity index (χ2v) is 15.8. The fourth-order valence-corrected chi connectivity index (χ4v) is 6.11. The molecule has 188 valence electrons.